The van der Waals surface area contributed by atoms with E-state index < -0.39 is 0 Å². The van der Waals surface area contributed by atoms with Crippen LogP contribution >= 0.6 is 11.8 Å². The quantitative estimate of drug-likeness (QED) is 0.401. The monoisotopic (exact) mass is 290 g/mol. The second-order valence-electron chi connectivity index (χ2n) is 4.41. The summed E-state index contributed by atoms with van der Waals surface area (Å²) in [5.41, 5.74) is 1.89. The van der Waals surface area contributed by atoms with Gasteiger partial charge >= 0.3 is 0 Å². The van der Waals surface area contributed by atoms with E-state index in [-0.39, 0.29) is 0 Å². The minimum atomic E-state index is 0.573. The number of nitrogens with one attached hydrogen (secondary N) is 1. The number of methoxy groups -OCH3 is 1. The van der Waals surface area contributed by atoms with E-state index in [2.05, 4.69) is 15.2 Å². The predicted octanol–water partition coefficient (Wildman–Crippen LogP) is 2.72. The van der Waals surface area contributed by atoms with Gasteiger partial charge in [0.05, 0.1) is 18.5 Å². The molecular weight excluding hydrogens is 272 g/mol. The van der Waals surface area contributed by atoms with Gasteiger partial charge in [-0.3, -0.25) is 5.32 Å². The van der Waals surface area contributed by atoms with Crippen LogP contribution in [0.25, 0.3) is 0 Å². The highest BCUT2D eigenvalue weighted by Crippen LogP contribution is 2.34. The molecule has 0 aromatic heterocycles. The summed E-state index contributed by atoms with van der Waals surface area (Å²) < 4.78 is 5.47. The number of benzene rings is 1. The summed E-state index contributed by atoms with van der Waals surface area (Å²) in [5.74, 6) is 0.825. The van der Waals surface area contributed by atoms with Crippen molar-refractivity contribution in [1.82, 2.24) is 5.32 Å². The molecule has 6 heteroatoms. The predicted molar refractivity (Wildman–Crippen MR) is 83.8 cm³/mol. The molecule has 1 aliphatic rings. The molecule has 5 nitrogen and oxygen atoms in total. The third-order valence-electron chi connectivity index (χ3n) is 3.20. The van der Waals surface area contributed by atoms with E-state index in [0.29, 0.717) is 5.17 Å². The van der Waals surface area contributed by atoms with Gasteiger partial charge in [-0.1, -0.05) is 11.8 Å². The maximum absolute atomic E-state index is 8.65. The highest BCUT2D eigenvalue weighted by Gasteiger charge is 2.16. The summed E-state index contributed by atoms with van der Waals surface area (Å²) in [6.07, 6.45) is 6.21. The lowest BCUT2D eigenvalue weighted by molar-refractivity contribution is 0.415. The molecule has 20 heavy (non-hydrogen) atoms. The first-order valence-electron chi connectivity index (χ1n) is 6.49. The second kappa shape index (κ2) is 7.06. The first-order chi connectivity index (χ1) is 9.78. The molecule has 0 amide bonds. The van der Waals surface area contributed by atoms with Gasteiger partial charge in [0.1, 0.15) is 5.75 Å². The molecule has 106 valence electrons. The Kier molecular flexibility index (Phi) is 5.13. The van der Waals surface area contributed by atoms with Gasteiger partial charge in [0, 0.05) is 19.2 Å². The molecular formula is C14H18N4OS. The molecule has 2 rings (SSSR count). The summed E-state index contributed by atoms with van der Waals surface area (Å²) in [4.78, 5) is 6.72. The van der Waals surface area contributed by atoms with Gasteiger partial charge in [0.2, 0.25) is 0 Å². The highest BCUT2D eigenvalue weighted by molar-refractivity contribution is 8.13. The zero-order chi connectivity index (χ0) is 14.4. The minimum absolute atomic E-state index is 0.573. The Morgan fingerprint density at radius 1 is 1.45 bits per heavy atom. The number of thioether (sulfide) groups is 1. The van der Waals surface area contributed by atoms with Crippen molar-refractivity contribution >= 4 is 28.3 Å². The Labute approximate surface area is 123 Å². The average Bonchev–Trinajstić information content (AvgIpc) is 3.00. The van der Waals surface area contributed by atoms with Crippen molar-refractivity contribution in [2.45, 2.75) is 12.8 Å². The average molecular weight is 290 g/mol. The largest absolute Gasteiger partial charge is 0.495 e. The standard InChI is InChI=1S/C14H18N4OS/c1-19-13-9-11(17-14(20-2)16-10-15)5-6-12(13)18-7-3-4-8-18/h5-6,9H,3-4,7-8H2,1-2H3,(H,16,17). The lowest BCUT2D eigenvalue weighted by atomic mass is 10.2. The van der Waals surface area contributed by atoms with Crippen LogP contribution in [0.5, 0.6) is 5.75 Å². The molecule has 0 aliphatic carbocycles. The number of aliphatic imine (C=N–C) groups is 1. The van der Waals surface area contributed by atoms with E-state index in [0.717, 1.165) is 30.2 Å². The number of rotatable bonds is 3. The first-order valence-corrected chi connectivity index (χ1v) is 7.71. The molecule has 0 radical (unpaired) electrons. The van der Waals surface area contributed by atoms with Crippen LogP contribution in [0.1, 0.15) is 12.8 Å². The van der Waals surface area contributed by atoms with Crippen molar-refractivity contribution in [3.8, 4) is 11.9 Å². The van der Waals surface area contributed by atoms with E-state index in [4.69, 9.17) is 10.00 Å². The fourth-order valence-corrected chi connectivity index (χ4v) is 2.59. The fourth-order valence-electron chi connectivity index (χ4n) is 2.24. The zero-order valence-corrected chi connectivity index (χ0v) is 12.5. The third kappa shape index (κ3) is 3.36. The maximum Gasteiger partial charge on any atom is 0.183 e. The van der Waals surface area contributed by atoms with Gasteiger partial charge in [-0.2, -0.15) is 5.26 Å². The smallest absolute Gasteiger partial charge is 0.183 e. The molecule has 0 spiro atoms. The Bertz CT molecular complexity index is 532. The number of hydrogen-bond acceptors (Lipinski definition) is 5. The molecule has 1 aromatic carbocycles. The van der Waals surface area contributed by atoms with Crippen LogP contribution in [0.4, 0.5) is 11.4 Å². The van der Waals surface area contributed by atoms with Crippen molar-refractivity contribution in [2.75, 3.05) is 31.4 Å². The van der Waals surface area contributed by atoms with Crippen molar-refractivity contribution in [1.29, 1.82) is 5.26 Å². The summed E-state index contributed by atoms with van der Waals surface area (Å²) in [6.45, 7) is 2.15. The van der Waals surface area contributed by atoms with Crippen LogP contribution < -0.4 is 15.0 Å². The lowest BCUT2D eigenvalue weighted by Crippen LogP contribution is -2.18. The molecule has 1 aliphatic heterocycles. The zero-order valence-electron chi connectivity index (χ0n) is 11.7. The van der Waals surface area contributed by atoms with Crippen molar-refractivity contribution in [3.63, 3.8) is 0 Å². The van der Waals surface area contributed by atoms with Gasteiger partial charge in [0.25, 0.3) is 0 Å². The highest BCUT2D eigenvalue weighted by atomic mass is 32.2. The van der Waals surface area contributed by atoms with Gasteiger partial charge in [-0.05, 0) is 31.2 Å². The molecule has 1 N–H and O–H groups in total. The summed E-state index contributed by atoms with van der Waals surface area (Å²) in [7, 11) is 1.67. The normalized spacial score (nSPS) is 15.1. The lowest BCUT2D eigenvalue weighted by Gasteiger charge is -2.20. The summed E-state index contributed by atoms with van der Waals surface area (Å²) in [6, 6.07) is 5.89. The van der Waals surface area contributed by atoms with Crippen LogP contribution in [0.3, 0.4) is 0 Å². The molecule has 0 unspecified atom stereocenters. The summed E-state index contributed by atoms with van der Waals surface area (Å²) in [5, 5.41) is 11.8. The van der Waals surface area contributed by atoms with Gasteiger partial charge in [-0.15, -0.1) is 0 Å². The van der Waals surface area contributed by atoms with Crippen LogP contribution in [0.2, 0.25) is 0 Å². The number of ether oxygens (including phenoxy) is 1. The van der Waals surface area contributed by atoms with Crippen molar-refractivity contribution in [3.05, 3.63) is 18.2 Å². The molecule has 1 heterocycles. The fraction of sp³-hybridized carbons (Fsp3) is 0.429. The topological polar surface area (TPSA) is 60.6 Å². The number of amidine groups is 1. The number of nitriles is 1. The van der Waals surface area contributed by atoms with Gasteiger partial charge < -0.3 is 9.64 Å². The summed E-state index contributed by atoms with van der Waals surface area (Å²) >= 11 is 1.40. The Hall–Kier alpha value is -1.87. The number of anilines is 1. The Morgan fingerprint density at radius 3 is 2.80 bits per heavy atom. The number of nitrogens with zero attached hydrogens (tertiary/aromatic N) is 3. The second-order valence-corrected chi connectivity index (χ2v) is 5.20. The van der Waals surface area contributed by atoms with E-state index in [1.807, 2.05) is 30.6 Å². The van der Waals surface area contributed by atoms with Gasteiger partial charge in [0.15, 0.2) is 11.4 Å². The Morgan fingerprint density at radius 2 is 2.20 bits per heavy atom. The molecule has 1 fully saturated rings. The number of hydrogen-bond donors (Lipinski definition) is 1. The van der Waals surface area contributed by atoms with E-state index in [9.17, 15) is 0 Å². The van der Waals surface area contributed by atoms with E-state index >= 15 is 0 Å². The van der Waals surface area contributed by atoms with E-state index in [1.54, 1.807) is 7.11 Å². The van der Waals surface area contributed by atoms with Crippen LogP contribution in [-0.4, -0.2) is 31.6 Å². The maximum atomic E-state index is 8.65. The van der Waals surface area contributed by atoms with E-state index in [1.165, 1.54) is 24.6 Å². The molecule has 1 aromatic rings. The van der Waals surface area contributed by atoms with Crippen molar-refractivity contribution < 1.29 is 4.74 Å². The SMILES string of the molecule is COc1cc(N=C(NC#N)SC)ccc1N1CCCC1. The van der Waals surface area contributed by atoms with Gasteiger partial charge in [-0.25, -0.2) is 4.99 Å². The Balaban J connectivity index is 2.27. The minimum Gasteiger partial charge on any atom is -0.495 e. The molecule has 1 saturated heterocycles. The van der Waals surface area contributed by atoms with Crippen LogP contribution in [0, 0.1) is 11.5 Å². The molecule has 0 saturated carbocycles. The molecule has 0 bridgehead atoms. The van der Waals surface area contributed by atoms with Crippen LogP contribution in [-0.2, 0) is 0 Å². The third-order valence-corrected chi connectivity index (χ3v) is 3.78. The molecule has 0 atom stereocenters. The van der Waals surface area contributed by atoms with Crippen LogP contribution in [0.15, 0.2) is 23.2 Å². The first kappa shape index (κ1) is 14.5. The van der Waals surface area contributed by atoms with Crippen molar-refractivity contribution in [2.24, 2.45) is 4.99 Å².